The smallest absolute Gasteiger partial charge is 0.326 e. The van der Waals surface area contributed by atoms with E-state index in [0.717, 1.165) is 0 Å². The Morgan fingerprint density at radius 1 is 1.03 bits per heavy atom. The van der Waals surface area contributed by atoms with E-state index in [0.29, 0.717) is 23.1 Å². The normalized spacial score (nSPS) is 11.7. The molecule has 8 heteroatoms. The van der Waals surface area contributed by atoms with Crippen molar-refractivity contribution in [3.05, 3.63) is 67.5 Å². The van der Waals surface area contributed by atoms with E-state index in [1.165, 1.54) is 28.0 Å². The number of para-hydroxylation sites is 1. The number of hydrogen-bond acceptors (Lipinski definition) is 5. The standard InChI is InChI=1S/C21H20N4O4/c1-12(26)22-13-10-15-18-16(11-13)20(28)24(9-8-23(2)3)21(29)25(18)17-7-5-4-6-14(17)19(15)27/h4-7,10-11H,8-9H2,1-3H3,(H,22,26). The van der Waals surface area contributed by atoms with Crippen molar-refractivity contribution in [2.75, 3.05) is 26.0 Å². The van der Waals surface area contributed by atoms with Crippen molar-refractivity contribution >= 4 is 38.8 Å². The molecule has 0 unspecified atom stereocenters. The van der Waals surface area contributed by atoms with Gasteiger partial charge in [0.2, 0.25) is 5.91 Å². The Morgan fingerprint density at radius 2 is 1.72 bits per heavy atom. The molecule has 2 aromatic carbocycles. The summed E-state index contributed by atoms with van der Waals surface area (Å²) in [4.78, 5) is 53.0. The highest BCUT2D eigenvalue weighted by Gasteiger charge is 2.19. The van der Waals surface area contributed by atoms with Crippen LogP contribution in [0.25, 0.3) is 27.2 Å². The number of carbonyl (C=O) groups is 1. The molecule has 0 saturated heterocycles. The molecule has 0 bridgehead atoms. The fourth-order valence-electron chi connectivity index (χ4n) is 3.66. The highest BCUT2D eigenvalue weighted by Crippen LogP contribution is 2.24. The zero-order valence-electron chi connectivity index (χ0n) is 16.4. The van der Waals surface area contributed by atoms with Crippen molar-refractivity contribution in [1.82, 2.24) is 13.9 Å². The summed E-state index contributed by atoms with van der Waals surface area (Å²) in [5.41, 5.74) is -0.192. The van der Waals surface area contributed by atoms with Gasteiger partial charge in [0.25, 0.3) is 5.56 Å². The van der Waals surface area contributed by atoms with Crippen molar-refractivity contribution < 1.29 is 4.79 Å². The van der Waals surface area contributed by atoms with Crippen LogP contribution in [0.5, 0.6) is 0 Å². The first-order chi connectivity index (χ1) is 13.8. The molecule has 8 nitrogen and oxygen atoms in total. The van der Waals surface area contributed by atoms with Crippen molar-refractivity contribution in [3.63, 3.8) is 0 Å². The van der Waals surface area contributed by atoms with E-state index in [4.69, 9.17) is 0 Å². The van der Waals surface area contributed by atoms with Crippen LogP contribution in [0, 0.1) is 0 Å². The van der Waals surface area contributed by atoms with E-state index in [9.17, 15) is 19.2 Å². The first-order valence-electron chi connectivity index (χ1n) is 9.19. The number of nitrogens with one attached hydrogen (secondary N) is 1. The van der Waals surface area contributed by atoms with Gasteiger partial charge < -0.3 is 10.2 Å². The zero-order valence-corrected chi connectivity index (χ0v) is 16.4. The van der Waals surface area contributed by atoms with Gasteiger partial charge in [0.1, 0.15) is 0 Å². The van der Waals surface area contributed by atoms with Crippen LogP contribution < -0.4 is 22.0 Å². The van der Waals surface area contributed by atoms with Crippen molar-refractivity contribution in [3.8, 4) is 0 Å². The van der Waals surface area contributed by atoms with Gasteiger partial charge in [0, 0.05) is 36.5 Å². The largest absolute Gasteiger partial charge is 0.336 e. The van der Waals surface area contributed by atoms with Crippen LogP contribution >= 0.6 is 0 Å². The Hall–Kier alpha value is -3.52. The second-order valence-electron chi connectivity index (χ2n) is 7.33. The van der Waals surface area contributed by atoms with Gasteiger partial charge in [-0.05, 0) is 38.4 Å². The Bertz CT molecular complexity index is 1450. The minimum absolute atomic E-state index is 0.205. The molecular formula is C21H20N4O4. The molecule has 0 atom stereocenters. The Morgan fingerprint density at radius 3 is 2.41 bits per heavy atom. The lowest BCUT2D eigenvalue weighted by Crippen LogP contribution is -2.40. The Balaban J connectivity index is 2.25. The van der Waals surface area contributed by atoms with E-state index in [1.807, 2.05) is 19.0 Å². The van der Waals surface area contributed by atoms with Gasteiger partial charge >= 0.3 is 5.69 Å². The zero-order chi connectivity index (χ0) is 20.9. The summed E-state index contributed by atoms with van der Waals surface area (Å²) in [5.74, 6) is -0.318. The number of aromatic nitrogens is 2. The molecule has 1 amide bonds. The highest BCUT2D eigenvalue weighted by atomic mass is 16.2. The molecule has 1 N–H and O–H groups in total. The molecule has 0 fully saturated rings. The molecule has 0 spiro atoms. The summed E-state index contributed by atoms with van der Waals surface area (Å²) >= 11 is 0. The molecule has 29 heavy (non-hydrogen) atoms. The number of fused-ring (bicyclic) bond motifs is 2. The maximum Gasteiger partial charge on any atom is 0.336 e. The van der Waals surface area contributed by atoms with Gasteiger partial charge in [-0.3, -0.25) is 23.4 Å². The lowest BCUT2D eigenvalue weighted by Gasteiger charge is -2.16. The second kappa shape index (κ2) is 6.82. The fraction of sp³-hybridized carbons (Fsp3) is 0.238. The van der Waals surface area contributed by atoms with E-state index < -0.39 is 11.2 Å². The number of pyridine rings is 1. The summed E-state index contributed by atoms with van der Waals surface area (Å²) in [6.45, 7) is 2.05. The molecule has 2 aromatic heterocycles. The van der Waals surface area contributed by atoms with Crippen molar-refractivity contribution in [1.29, 1.82) is 0 Å². The van der Waals surface area contributed by atoms with Gasteiger partial charge in [-0.25, -0.2) is 4.79 Å². The van der Waals surface area contributed by atoms with E-state index >= 15 is 0 Å². The topological polar surface area (TPSA) is 92.9 Å². The highest BCUT2D eigenvalue weighted by molar-refractivity contribution is 6.05. The third-order valence-electron chi connectivity index (χ3n) is 4.96. The Kier molecular flexibility index (Phi) is 4.43. The van der Waals surface area contributed by atoms with Crippen LogP contribution in [0.4, 0.5) is 5.69 Å². The van der Waals surface area contributed by atoms with E-state index in [-0.39, 0.29) is 34.2 Å². The van der Waals surface area contributed by atoms with Gasteiger partial charge in [0.15, 0.2) is 5.43 Å². The van der Waals surface area contributed by atoms with E-state index in [2.05, 4.69) is 5.32 Å². The van der Waals surface area contributed by atoms with Crippen molar-refractivity contribution in [2.45, 2.75) is 13.5 Å². The summed E-state index contributed by atoms with van der Waals surface area (Å²) in [6.07, 6.45) is 0. The SMILES string of the molecule is CC(=O)Nc1cc2c(=O)c3ccccc3n3c(=O)n(CCN(C)C)c(=O)c(c1)c23. The Labute approximate surface area is 164 Å². The number of likely N-dealkylation sites (N-methyl/N-ethyl adjacent to an activating group) is 1. The van der Waals surface area contributed by atoms with Crippen LogP contribution in [0.3, 0.4) is 0 Å². The van der Waals surface area contributed by atoms with Gasteiger partial charge in [-0.15, -0.1) is 0 Å². The molecule has 0 saturated carbocycles. The average Bonchev–Trinajstić information content (AvgIpc) is 2.66. The number of anilines is 1. The first-order valence-corrected chi connectivity index (χ1v) is 9.19. The molecule has 4 rings (SSSR count). The molecule has 0 aliphatic rings. The average molecular weight is 392 g/mol. The lowest BCUT2D eigenvalue weighted by atomic mass is 10.1. The first kappa shape index (κ1) is 18.8. The molecule has 0 aliphatic heterocycles. The third kappa shape index (κ3) is 2.98. The predicted octanol–water partition coefficient (Wildman–Crippen LogP) is 1.09. The molecule has 0 aliphatic carbocycles. The second-order valence-corrected chi connectivity index (χ2v) is 7.33. The molecule has 4 aromatic rings. The summed E-state index contributed by atoms with van der Waals surface area (Å²) in [6, 6.07) is 9.85. The number of rotatable bonds is 4. The summed E-state index contributed by atoms with van der Waals surface area (Å²) < 4.78 is 2.60. The van der Waals surface area contributed by atoms with Crippen LogP contribution in [0.2, 0.25) is 0 Å². The van der Waals surface area contributed by atoms with Crippen LogP contribution in [0.1, 0.15) is 6.92 Å². The molecule has 2 heterocycles. The number of hydrogen-bond donors (Lipinski definition) is 1. The molecule has 0 radical (unpaired) electrons. The third-order valence-corrected chi connectivity index (χ3v) is 4.96. The van der Waals surface area contributed by atoms with Crippen LogP contribution in [-0.4, -0.2) is 40.4 Å². The maximum atomic E-state index is 13.3. The van der Waals surface area contributed by atoms with Gasteiger partial charge in [-0.1, -0.05) is 12.1 Å². The van der Waals surface area contributed by atoms with Crippen molar-refractivity contribution in [2.24, 2.45) is 0 Å². The minimum atomic E-state index is -0.488. The van der Waals surface area contributed by atoms with Crippen LogP contribution in [-0.2, 0) is 11.3 Å². The van der Waals surface area contributed by atoms with Gasteiger partial charge in [0.05, 0.1) is 16.4 Å². The lowest BCUT2D eigenvalue weighted by molar-refractivity contribution is -0.114. The minimum Gasteiger partial charge on any atom is -0.326 e. The number of carbonyl (C=O) groups excluding carboxylic acids is 1. The maximum absolute atomic E-state index is 13.3. The number of benzene rings is 2. The molecular weight excluding hydrogens is 372 g/mol. The summed E-state index contributed by atoms with van der Waals surface area (Å²) in [7, 11) is 3.71. The number of nitrogens with zero attached hydrogens (tertiary/aromatic N) is 3. The monoisotopic (exact) mass is 392 g/mol. The quantitative estimate of drug-likeness (QED) is 0.415. The fourth-order valence-corrected chi connectivity index (χ4v) is 3.66. The predicted molar refractivity (Wildman–Crippen MR) is 113 cm³/mol. The molecule has 148 valence electrons. The van der Waals surface area contributed by atoms with Crippen LogP contribution in [0.15, 0.2) is 50.8 Å². The van der Waals surface area contributed by atoms with Gasteiger partial charge in [-0.2, -0.15) is 0 Å². The number of amides is 1. The summed E-state index contributed by atoms with van der Waals surface area (Å²) in [5, 5.41) is 3.45. The van der Waals surface area contributed by atoms with E-state index in [1.54, 1.807) is 24.3 Å².